The molecule has 0 aromatic heterocycles. The van der Waals surface area contributed by atoms with Crippen LogP contribution in [-0.2, 0) is 0 Å². The first kappa shape index (κ1) is 15.6. The quantitative estimate of drug-likeness (QED) is 0.548. The first-order valence-corrected chi connectivity index (χ1v) is 8.34. The van der Waals surface area contributed by atoms with Gasteiger partial charge in [-0.1, -0.05) is 19.8 Å². The zero-order valence-corrected chi connectivity index (χ0v) is 13.1. The number of guanidine groups is 1. The van der Waals surface area contributed by atoms with Crippen molar-refractivity contribution in [2.45, 2.75) is 77.4 Å². The molecule has 0 spiro atoms. The van der Waals surface area contributed by atoms with Gasteiger partial charge < -0.3 is 15.7 Å². The highest BCUT2D eigenvalue weighted by Gasteiger charge is 2.28. The van der Waals surface area contributed by atoms with E-state index < -0.39 is 0 Å². The molecule has 116 valence electrons. The molecule has 0 atom stereocenters. The molecular weight excluding hydrogens is 250 g/mol. The highest BCUT2D eigenvalue weighted by atomic mass is 16.3. The summed E-state index contributed by atoms with van der Waals surface area (Å²) in [6.45, 7) is 6.30. The van der Waals surface area contributed by atoms with Crippen molar-refractivity contribution in [1.29, 1.82) is 0 Å². The van der Waals surface area contributed by atoms with Gasteiger partial charge >= 0.3 is 0 Å². The van der Waals surface area contributed by atoms with Gasteiger partial charge in [-0.25, -0.2) is 0 Å². The molecule has 2 rings (SSSR count). The van der Waals surface area contributed by atoms with Crippen molar-refractivity contribution in [3.05, 3.63) is 0 Å². The topological polar surface area (TPSA) is 56.7 Å². The normalized spacial score (nSPS) is 30.2. The van der Waals surface area contributed by atoms with E-state index in [9.17, 15) is 5.11 Å². The minimum Gasteiger partial charge on any atom is -0.393 e. The minimum atomic E-state index is -0.0926. The summed E-state index contributed by atoms with van der Waals surface area (Å²) in [6.07, 6.45) is 9.16. The van der Waals surface area contributed by atoms with Crippen molar-refractivity contribution < 1.29 is 5.11 Å². The van der Waals surface area contributed by atoms with Crippen LogP contribution in [-0.4, -0.2) is 36.3 Å². The maximum absolute atomic E-state index is 9.57. The van der Waals surface area contributed by atoms with Gasteiger partial charge in [0.1, 0.15) is 0 Å². The summed E-state index contributed by atoms with van der Waals surface area (Å²) in [5, 5.41) is 16.5. The average Bonchev–Trinajstić information content (AvgIpc) is 2.86. The van der Waals surface area contributed by atoms with Crippen molar-refractivity contribution in [2.75, 3.05) is 13.1 Å². The van der Waals surface area contributed by atoms with Gasteiger partial charge in [0.2, 0.25) is 0 Å². The Labute approximate surface area is 123 Å². The van der Waals surface area contributed by atoms with Crippen LogP contribution in [0.1, 0.15) is 65.2 Å². The Morgan fingerprint density at radius 2 is 1.85 bits per heavy atom. The lowest BCUT2D eigenvalue weighted by Gasteiger charge is -2.28. The van der Waals surface area contributed by atoms with E-state index in [1.54, 1.807) is 0 Å². The van der Waals surface area contributed by atoms with Gasteiger partial charge in [-0.2, -0.15) is 0 Å². The van der Waals surface area contributed by atoms with E-state index in [0.717, 1.165) is 44.7 Å². The highest BCUT2D eigenvalue weighted by molar-refractivity contribution is 5.80. The summed E-state index contributed by atoms with van der Waals surface area (Å²) in [5.41, 5.74) is 0.408. The van der Waals surface area contributed by atoms with Crippen LogP contribution in [0.5, 0.6) is 0 Å². The van der Waals surface area contributed by atoms with Crippen LogP contribution in [0, 0.1) is 5.41 Å². The fourth-order valence-electron chi connectivity index (χ4n) is 3.39. The molecule has 2 saturated carbocycles. The van der Waals surface area contributed by atoms with Gasteiger partial charge in [0.05, 0.1) is 6.10 Å². The number of nitrogens with one attached hydrogen (secondary N) is 2. The first-order valence-electron chi connectivity index (χ1n) is 8.34. The molecule has 4 nitrogen and oxygen atoms in total. The maximum Gasteiger partial charge on any atom is 0.191 e. The zero-order valence-electron chi connectivity index (χ0n) is 13.1. The van der Waals surface area contributed by atoms with Crippen LogP contribution >= 0.6 is 0 Å². The number of aliphatic hydroxyl groups excluding tert-OH is 1. The lowest BCUT2D eigenvalue weighted by atomic mass is 9.89. The number of hydrogen-bond acceptors (Lipinski definition) is 2. The lowest BCUT2D eigenvalue weighted by molar-refractivity contribution is 0.120. The van der Waals surface area contributed by atoms with E-state index in [0.29, 0.717) is 11.5 Å². The molecule has 0 radical (unpaired) electrons. The van der Waals surface area contributed by atoms with Crippen LogP contribution < -0.4 is 10.6 Å². The molecule has 0 bridgehead atoms. The van der Waals surface area contributed by atoms with E-state index >= 15 is 0 Å². The Kier molecular flexibility index (Phi) is 5.70. The van der Waals surface area contributed by atoms with E-state index in [4.69, 9.17) is 4.99 Å². The monoisotopic (exact) mass is 281 g/mol. The Balaban J connectivity index is 1.85. The van der Waals surface area contributed by atoms with Gasteiger partial charge in [-0.15, -0.1) is 0 Å². The van der Waals surface area contributed by atoms with Crippen molar-refractivity contribution in [3.8, 4) is 0 Å². The molecule has 3 N–H and O–H groups in total. The summed E-state index contributed by atoms with van der Waals surface area (Å²) in [7, 11) is 0. The van der Waals surface area contributed by atoms with Crippen LogP contribution in [0.3, 0.4) is 0 Å². The number of aliphatic hydroxyl groups is 1. The molecule has 0 amide bonds. The molecular formula is C16H31N3O. The van der Waals surface area contributed by atoms with Crippen molar-refractivity contribution >= 4 is 5.96 Å². The molecule has 2 fully saturated rings. The number of aliphatic imine (C=N–C) groups is 1. The third-order valence-electron chi connectivity index (χ3n) is 4.81. The Hall–Kier alpha value is -0.770. The van der Waals surface area contributed by atoms with E-state index in [-0.39, 0.29) is 6.10 Å². The molecule has 0 aromatic rings. The summed E-state index contributed by atoms with van der Waals surface area (Å²) < 4.78 is 0. The number of nitrogens with zero attached hydrogens (tertiary/aromatic N) is 1. The zero-order chi connectivity index (χ0) is 14.4. The van der Waals surface area contributed by atoms with Crippen LogP contribution in [0.2, 0.25) is 0 Å². The summed E-state index contributed by atoms with van der Waals surface area (Å²) in [6, 6.07) is 0.465. The lowest BCUT2D eigenvalue weighted by Crippen LogP contribution is -2.45. The third-order valence-corrected chi connectivity index (χ3v) is 4.81. The fourth-order valence-corrected chi connectivity index (χ4v) is 3.39. The molecule has 2 aliphatic carbocycles. The van der Waals surface area contributed by atoms with E-state index in [1.165, 1.54) is 25.7 Å². The molecule has 20 heavy (non-hydrogen) atoms. The predicted molar refractivity (Wildman–Crippen MR) is 84.0 cm³/mol. The Morgan fingerprint density at radius 1 is 1.20 bits per heavy atom. The van der Waals surface area contributed by atoms with Gasteiger partial charge in [0, 0.05) is 19.1 Å². The molecule has 2 aliphatic rings. The van der Waals surface area contributed by atoms with Crippen molar-refractivity contribution in [3.63, 3.8) is 0 Å². The molecule has 0 aromatic carbocycles. The SMILES string of the molecule is CCNC(=NCC1(C)CCCC1)NC1CCC(O)CC1. The van der Waals surface area contributed by atoms with Gasteiger partial charge in [-0.05, 0) is 50.9 Å². The number of rotatable bonds is 4. The second-order valence-corrected chi connectivity index (χ2v) is 6.86. The standard InChI is InChI=1S/C16H31N3O/c1-3-17-15(18-12-16(2)10-4-5-11-16)19-13-6-8-14(20)9-7-13/h13-14,20H,3-12H2,1-2H3,(H2,17,18,19). The van der Waals surface area contributed by atoms with Crippen LogP contribution in [0.4, 0.5) is 0 Å². The maximum atomic E-state index is 9.57. The molecule has 0 aliphatic heterocycles. The fraction of sp³-hybridized carbons (Fsp3) is 0.938. The van der Waals surface area contributed by atoms with Crippen molar-refractivity contribution in [1.82, 2.24) is 10.6 Å². The third kappa shape index (κ3) is 4.65. The Morgan fingerprint density at radius 3 is 2.45 bits per heavy atom. The Bertz CT molecular complexity index is 316. The molecule has 0 heterocycles. The average molecular weight is 281 g/mol. The van der Waals surface area contributed by atoms with Crippen molar-refractivity contribution in [2.24, 2.45) is 10.4 Å². The van der Waals surface area contributed by atoms with Crippen LogP contribution in [0.25, 0.3) is 0 Å². The first-order chi connectivity index (χ1) is 9.61. The molecule has 4 heteroatoms. The summed E-state index contributed by atoms with van der Waals surface area (Å²) >= 11 is 0. The predicted octanol–water partition coefficient (Wildman–Crippen LogP) is 2.43. The second kappa shape index (κ2) is 7.30. The van der Waals surface area contributed by atoms with E-state index in [2.05, 4.69) is 24.5 Å². The van der Waals surface area contributed by atoms with Crippen LogP contribution in [0.15, 0.2) is 4.99 Å². The molecule has 0 saturated heterocycles. The van der Waals surface area contributed by atoms with Gasteiger partial charge in [0.15, 0.2) is 5.96 Å². The number of hydrogen-bond donors (Lipinski definition) is 3. The molecule has 0 unspecified atom stereocenters. The van der Waals surface area contributed by atoms with Gasteiger partial charge in [0.25, 0.3) is 0 Å². The second-order valence-electron chi connectivity index (χ2n) is 6.86. The largest absolute Gasteiger partial charge is 0.393 e. The smallest absolute Gasteiger partial charge is 0.191 e. The van der Waals surface area contributed by atoms with Gasteiger partial charge in [-0.3, -0.25) is 4.99 Å². The summed E-state index contributed by atoms with van der Waals surface area (Å²) in [4.78, 5) is 4.81. The minimum absolute atomic E-state index is 0.0926. The highest BCUT2D eigenvalue weighted by Crippen LogP contribution is 2.37. The van der Waals surface area contributed by atoms with E-state index in [1.807, 2.05) is 0 Å². The summed E-state index contributed by atoms with van der Waals surface area (Å²) in [5.74, 6) is 0.960.